The van der Waals surface area contributed by atoms with E-state index in [1.54, 1.807) is 24.3 Å². The molecule has 0 unspecified atom stereocenters. The van der Waals surface area contributed by atoms with Crippen LogP contribution in [0.3, 0.4) is 0 Å². The lowest BCUT2D eigenvalue weighted by Crippen LogP contribution is -2.47. The molecule has 0 fully saturated rings. The van der Waals surface area contributed by atoms with Crippen molar-refractivity contribution in [1.82, 2.24) is 25.5 Å². The van der Waals surface area contributed by atoms with Crippen LogP contribution in [0.2, 0.25) is 0 Å². The van der Waals surface area contributed by atoms with Crippen molar-refractivity contribution in [1.29, 1.82) is 0 Å². The van der Waals surface area contributed by atoms with E-state index in [2.05, 4.69) is 37.3 Å². The molecule has 2 amide bonds. The van der Waals surface area contributed by atoms with E-state index in [1.165, 1.54) is 0 Å². The highest BCUT2D eigenvalue weighted by atomic mass is 16.2. The molecule has 4 aromatic rings. The maximum Gasteiger partial charge on any atom is 0.291 e. The van der Waals surface area contributed by atoms with Crippen molar-refractivity contribution in [3.8, 4) is 11.8 Å². The molecular formula is C28H24N6O2. The summed E-state index contributed by atoms with van der Waals surface area (Å²) in [5.74, 6) is 6.19. The monoisotopic (exact) mass is 476 g/mol. The number of H-pyrrole nitrogens is 1. The summed E-state index contributed by atoms with van der Waals surface area (Å²) in [6.07, 6.45) is 5.05. The van der Waals surface area contributed by atoms with Crippen LogP contribution in [0.15, 0.2) is 73.1 Å². The van der Waals surface area contributed by atoms with Gasteiger partial charge in [-0.3, -0.25) is 19.7 Å². The van der Waals surface area contributed by atoms with Gasteiger partial charge in [0, 0.05) is 42.7 Å². The SMILES string of the molecule is CN1C(=O)[C@H](NC(=O)c2n[nH]c(Cc3ccccc3)n2)CCc2ccc(C#Cc3ccncc3)cc21. The second-order valence-electron chi connectivity index (χ2n) is 8.56. The fraction of sp³-hybridized carbons (Fsp3) is 0.179. The third-order valence-corrected chi connectivity index (χ3v) is 6.06. The van der Waals surface area contributed by atoms with E-state index in [9.17, 15) is 9.59 Å². The largest absolute Gasteiger partial charge is 0.337 e. The Kier molecular flexibility index (Phi) is 6.54. The third-order valence-electron chi connectivity index (χ3n) is 6.06. The molecule has 1 atom stereocenters. The summed E-state index contributed by atoms with van der Waals surface area (Å²) in [4.78, 5) is 36.0. The minimum Gasteiger partial charge on any atom is -0.337 e. The molecule has 0 saturated carbocycles. The molecule has 1 aliphatic heterocycles. The van der Waals surface area contributed by atoms with Gasteiger partial charge in [-0.15, -0.1) is 5.10 Å². The number of rotatable bonds is 4. The average Bonchev–Trinajstić information content (AvgIpc) is 3.35. The van der Waals surface area contributed by atoms with Crippen LogP contribution in [0.1, 0.15) is 45.1 Å². The van der Waals surface area contributed by atoms with Crippen molar-refractivity contribution in [2.75, 3.05) is 11.9 Å². The van der Waals surface area contributed by atoms with Gasteiger partial charge < -0.3 is 10.2 Å². The summed E-state index contributed by atoms with van der Waals surface area (Å²) in [5, 5.41) is 9.68. The minimum atomic E-state index is -0.683. The molecule has 178 valence electrons. The maximum absolute atomic E-state index is 13.2. The lowest BCUT2D eigenvalue weighted by Gasteiger charge is -2.22. The number of anilines is 1. The quantitative estimate of drug-likeness (QED) is 0.441. The van der Waals surface area contributed by atoms with Gasteiger partial charge in [-0.25, -0.2) is 4.98 Å². The summed E-state index contributed by atoms with van der Waals surface area (Å²) in [5.41, 5.74) is 4.55. The molecule has 3 heterocycles. The van der Waals surface area contributed by atoms with Crippen LogP contribution >= 0.6 is 0 Å². The third kappa shape index (κ3) is 5.15. The molecule has 5 rings (SSSR count). The number of hydrogen-bond donors (Lipinski definition) is 2. The fourth-order valence-corrected chi connectivity index (χ4v) is 4.14. The van der Waals surface area contributed by atoms with E-state index in [-0.39, 0.29) is 11.7 Å². The van der Waals surface area contributed by atoms with Crippen LogP contribution < -0.4 is 10.2 Å². The van der Waals surface area contributed by atoms with Crippen molar-refractivity contribution < 1.29 is 9.59 Å². The molecule has 0 radical (unpaired) electrons. The molecule has 1 aliphatic rings. The van der Waals surface area contributed by atoms with Crippen molar-refractivity contribution in [3.05, 3.63) is 107 Å². The predicted molar refractivity (Wildman–Crippen MR) is 135 cm³/mol. The van der Waals surface area contributed by atoms with Gasteiger partial charge >= 0.3 is 0 Å². The summed E-state index contributed by atoms with van der Waals surface area (Å²) in [6.45, 7) is 0. The van der Waals surface area contributed by atoms with Crippen LogP contribution in [0.25, 0.3) is 0 Å². The van der Waals surface area contributed by atoms with E-state index in [4.69, 9.17) is 0 Å². The Hall–Kier alpha value is -4.77. The number of benzene rings is 2. The lowest BCUT2D eigenvalue weighted by atomic mass is 10.0. The summed E-state index contributed by atoms with van der Waals surface area (Å²) in [7, 11) is 1.72. The molecule has 8 nitrogen and oxygen atoms in total. The molecule has 0 saturated heterocycles. The number of nitrogens with zero attached hydrogens (tertiary/aromatic N) is 4. The number of amides is 2. The van der Waals surface area contributed by atoms with E-state index in [0.717, 1.165) is 27.9 Å². The lowest BCUT2D eigenvalue weighted by molar-refractivity contribution is -0.120. The van der Waals surface area contributed by atoms with Crippen LogP contribution in [0, 0.1) is 11.8 Å². The van der Waals surface area contributed by atoms with E-state index < -0.39 is 11.9 Å². The summed E-state index contributed by atoms with van der Waals surface area (Å²) >= 11 is 0. The Morgan fingerprint density at radius 1 is 1.08 bits per heavy atom. The number of fused-ring (bicyclic) bond motifs is 1. The highest BCUT2D eigenvalue weighted by molar-refractivity contribution is 6.02. The fourth-order valence-electron chi connectivity index (χ4n) is 4.14. The Labute approximate surface area is 208 Å². The topological polar surface area (TPSA) is 104 Å². The van der Waals surface area contributed by atoms with Crippen LogP contribution in [0.5, 0.6) is 0 Å². The Morgan fingerprint density at radius 2 is 1.86 bits per heavy atom. The van der Waals surface area contributed by atoms with Gasteiger partial charge in [-0.1, -0.05) is 48.2 Å². The minimum absolute atomic E-state index is 0.0202. The number of likely N-dealkylation sites (N-methyl/N-ethyl adjacent to an activating group) is 1. The maximum atomic E-state index is 13.2. The van der Waals surface area contributed by atoms with E-state index in [0.29, 0.717) is 25.1 Å². The zero-order chi connectivity index (χ0) is 24.9. The van der Waals surface area contributed by atoms with Crippen LogP contribution in [-0.4, -0.2) is 45.1 Å². The molecule has 0 spiro atoms. The van der Waals surface area contributed by atoms with Crippen molar-refractivity contribution >= 4 is 17.5 Å². The predicted octanol–water partition coefficient (Wildman–Crippen LogP) is 2.90. The Morgan fingerprint density at radius 3 is 2.67 bits per heavy atom. The highest BCUT2D eigenvalue weighted by Crippen LogP contribution is 2.27. The smallest absolute Gasteiger partial charge is 0.291 e. The average molecular weight is 477 g/mol. The first-order valence-electron chi connectivity index (χ1n) is 11.7. The molecule has 0 bridgehead atoms. The number of hydrogen-bond acceptors (Lipinski definition) is 5. The van der Waals surface area contributed by atoms with Crippen LogP contribution in [0.4, 0.5) is 5.69 Å². The summed E-state index contributed by atoms with van der Waals surface area (Å²) in [6, 6.07) is 18.7. The molecule has 8 heteroatoms. The van der Waals surface area contributed by atoms with Gasteiger partial charge in [0.15, 0.2) is 0 Å². The van der Waals surface area contributed by atoms with Gasteiger partial charge in [-0.2, -0.15) is 0 Å². The molecule has 2 N–H and O–H groups in total. The number of carbonyl (C=O) groups is 2. The Bertz CT molecular complexity index is 1450. The first-order chi connectivity index (χ1) is 17.6. The molecule has 36 heavy (non-hydrogen) atoms. The molecule has 2 aromatic heterocycles. The second kappa shape index (κ2) is 10.2. The first-order valence-corrected chi connectivity index (χ1v) is 11.7. The number of nitrogens with one attached hydrogen (secondary N) is 2. The molecule has 0 aliphatic carbocycles. The molecular weight excluding hydrogens is 452 g/mol. The van der Waals surface area contributed by atoms with Crippen molar-refractivity contribution in [2.45, 2.75) is 25.3 Å². The van der Waals surface area contributed by atoms with Crippen LogP contribution in [-0.2, 0) is 17.6 Å². The number of aromatic amines is 1. The first kappa shape index (κ1) is 23.0. The zero-order valence-electron chi connectivity index (χ0n) is 19.7. The standard InChI is InChI=1S/C28H24N6O2/c1-34-24-17-21(8-7-19-13-15-29-16-14-19)9-10-22(24)11-12-23(28(34)36)30-27(35)26-31-25(32-33-26)18-20-5-3-2-4-6-20/h2-6,9-10,13-17,23H,11-12,18H2,1H3,(H,30,35)(H,31,32,33)/t23-/m1/s1. The second-order valence-corrected chi connectivity index (χ2v) is 8.56. The Balaban J connectivity index is 1.28. The number of aryl methyl sites for hydroxylation is 1. The van der Waals surface area contributed by atoms with Gasteiger partial charge in [0.25, 0.3) is 5.91 Å². The molecule has 2 aromatic carbocycles. The normalized spacial score (nSPS) is 14.9. The number of pyridine rings is 1. The van der Waals surface area contributed by atoms with E-state index >= 15 is 0 Å². The number of carbonyl (C=O) groups excluding carboxylic acids is 2. The number of aromatic nitrogens is 4. The summed E-state index contributed by atoms with van der Waals surface area (Å²) < 4.78 is 0. The van der Waals surface area contributed by atoms with Crippen molar-refractivity contribution in [3.63, 3.8) is 0 Å². The van der Waals surface area contributed by atoms with Gasteiger partial charge in [-0.05, 0) is 48.2 Å². The van der Waals surface area contributed by atoms with E-state index in [1.807, 2.05) is 60.7 Å². The zero-order valence-corrected chi connectivity index (χ0v) is 19.7. The van der Waals surface area contributed by atoms with Gasteiger partial charge in [0.2, 0.25) is 11.7 Å². The van der Waals surface area contributed by atoms with Gasteiger partial charge in [0.05, 0.1) is 0 Å². The van der Waals surface area contributed by atoms with Crippen molar-refractivity contribution in [2.24, 2.45) is 0 Å². The highest BCUT2D eigenvalue weighted by Gasteiger charge is 2.30. The van der Waals surface area contributed by atoms with Gasteiger partial charge in [0.1, 0.15) is 11.9 Å².